The molecule has 3 atom stereocenters. The van der Waals surface area contributed by atoms with Gasteiger partial charge < -0.3 is 16.0 Å². The lowest BCUT2D eigenvalue weighted by molar-refractivity contribution is -0.135. The summed E-state index contributed by atoms with van der Waals surface area (Å²) in [6.07, 6.45) is 9.14. The molecule has 0 spiro atoms. The predicted octanol–water partition coefficient (Wildman–Crippen LogP) is 2.40. The average Bonchev–Trinajstić information content (AvgIpc) is 3.36. The number of hydrogen-bond acceptors (Lipinski definition) is 4. The van der Waals surface area contributed by atoms with Crippen LogP contribution in [0.3, 0.4) is 0 Å². The van der Waals surface area contributed by atoms with Crippen molar-refractivity contribution in [3.63, 3.8) is 0 Å². The number of hydrogen-bond donors (Lipinski definition) is 3. The van der Waals surface area contributed by atoms with E-state index in [1.165, 1.54) is 5.56 Å². The van der Waals surface area contributed by atoms with E-state index in [2.05, 4.69) is 33.0 Å². The fourth-order valence-corrected chi connectivity index (χ4v) is 5.20. The molecular weight excluding hydrogens is 416 g/mol. The van der Waals surface area contributed by atoms with Gasteiger partial charge in [0.2, 0.25) is 17.7 Å². The Morgan fingerprint density at radius 1 is 0.970 bits per heavy atom. The average molecular weight is 457 g/mol. The minimum absolute atomic E-state index is 0.0650. The number of rotatable bonds is 10. The summed E-state index contributed by atoms with van der Waals surface area (Å²) in [6.45, 7) is 0.901. The van der Waals surface area contributed by atoms with E-state index in [9.17, 15) is 14.4 Å². The van der Waals surface area contributed by atoms with Crippen molar-refractivity contribution < 1.29 is 14.4 Å². The van der Waals surface area contributed by atoms with Gasteiger partial charge in [-0.1, -0.05) is 49.6 Å². The standard InChI is InChI=1S/C26H40N4O3/c1-27-24(31)21(16-10-13-19-11-4-3-5-12-19)28-26(33)23(20-14-6-7-15-20)29-25(32)22-17-8-9-18-30(22)2/h3-5,11-12,20-23H,6-10,13-18H2,1-2H3,(H,27,31)(H,28,33)(H,29,32)/t21-,22+,23-/m1/s1. The molecule has 3 rings (SSSR count). The number of likely N-dealkylation sites (tertiary alicyclic amines) is 1. The normalized spacial score (nSPS) is 21.2. The first-order valence-electron chi connectivity index (χ1n) is 12.6. The van der Waals surface area contributed by atoms with E-state index < -0.39 is 12.1 Å². The van der Waals surface area contributed by atoms with Gasteiger partial charge in [0.25, 0.3) is 0 Å². The van der Waals surface area contributed by atoms with Crippen molar-refractivity contribution in [3.8, 4) is 0 Å². The van der Waals surface area contributed by atoms with Gasteiger partial charge in [0.1, 0.15) is 12.1 Å². The highest BCUT2D eigenvalue weighted by atomic mass is 16.2. The molecule has 0 aromatic heterocycles. The molecule has 1 aliphatic heterocycles. The molecule has 2 aliphatic rings. The van der Waals surface area contributed by atoms with E-state index in [1.54, 1.807) is 7.05 Å². The third-order valence-electron chi connectivity index (χ3n) is 7.21. The van der Waals surface area contributed by atoms with Crippen molar-refractivity contribution in [2.24, 2.45) is 5.92 Å². The molecule has 7 heteroatoms. The zero-order valence-electron chi connectivity index (χ0n) is 20.1. The predicted molar refractivity (Wildman–Crippen MR) is 130 cm³/mol. The lowest BCUT2D eigenvalue weighted by atomic mass is 9.95. The van der Waals surface area contributed by atoms with Crippen LogP contribution in [-0.4, -0.2) is 61.4 Å². The Labute approximate surface area is 198 Å². The molecule has 0 unspecified atom stereocenters. The number of aryl methyl sites for hydroxylation is 1. The van der Waals surface area contributed by atoms with E-state index in [-0.39, 0.29) is 29.7 Å². The smallest absolute Gasteiger partial charge is 0.243 e. The summed E-state index contributed by atoms with van der Waals surface area (Å²) in [5.41, 5.74) is 1.21. The Morgan fingerprint density at radius 2 is 1.67 bits per heavy atom. The third-order valence-corrected chi connectivity index (χ3v) is 7.21. The van der Waals surface area contributed by atoms with E-state index in [0.717, 1.165) is 64.3 Å². The highest BCUT2D eigenvalue weighted by Gasteiger charge is 2.36. The summed E-state index contributed by atoms with van der Waals surface area (Å²) in [7, 11) is 3.57. The molecule has 1 aliphatic carbocycles. The van der Waals surface area contributed by atoms with Crippen molar-refractivity contribution in [1.82, 2.24) is 20.9 Å². The topological polar surface area (TPSA) is 90.5 Å². The van der Waals surface area contributed by atoms with Gasteiger partial charge in [0.15, 0.2) is 0 Å². The minimum Gasteiger partial charge on any atom is -0.357 e. The first-order chi connectivity index (χ1) is 16.0. The summed E-state index contributed by atoms with van der Waals surface area (Å²) >= 11 is 0. The second-order valence-corrected chi connectivity index (χ2v) is 9.58. The van der Waals surface area contributed by atoms with Crippen LogP contribution in [0.1, 0.15) is 63.4 Å². The number of amides is 3. The van der Waals surface area contributed by atoms with E-state index in [1.807, 2.05) is 25.2 Å². The minimum atomic E-state index is -0.607. The van der Waals surface area contributed by atoms with Crippen molar-refractivity contribution in [2.75, 3.05) is 20.6 Å². The summed E-state index contributed by atoms with van der Waals surface area (Å²) in [6, 6.07) is 8.76. The second kappa shape index (κ2) is 12.7. The van der Waals surface area contributed by atoms with Crippen LogP contribution in [0.25, 0.3) is 0 Å². The molecule has 33 heavy (non-hydrogen) atoms. The van der Waals surface area contributed by atoms with E-state index in [4.69, 9.17) is 0 Å². The zero-order valence-corrected chi connectivity index (χ0v) is 20.1. The molecule has 1 aromatic carbocycles. The van der Waals surface area contributed by atoms with Crippen molar-refractivity contribution in [1.29, 1.82) is 0 Å². The Bertz CT molecular complexity index is 779. The Morgan fingerprint density at radius 3 is 2.33 bits per heavy atom. The lowest BCUT2D eigenvalue weighted by Crippen LogP contribution is -2.58. The molecule has 2 fully saturated rings. The lowest BCUT2D eigenvalue weighted by Gasteiger charge is -2.33. The summed E-state index contributed by atoms with van der Waals surface area (Å²) < 4.78 is 0. The van der Waals surface area contributed by atoms with Crippen LogP contribution in [0.4, 0.5) is 0 Å². The SMILES string of the molecule is CNC(=O)[C@@H](CCCc1ccccc1)NC(=O)[C@H](NC(=O)[C@@H]1CCCCN1C)C1CCCC1. The maximum Gasteiger partial charge on any atom is 0.243 e. The molecule has 1 aromatic rings. The molecule has 3 amide bonds. The quantitative estimate of drug-likeness (QED) is 0.504. The maximum atomic E-state index is 13.4. The van der Waals surface area contributed by atoms with Crippen LogP contribution < -0.4 is 16.0 Å². The van der Waals surface area contributed by atoms with Crippen LogP contribution >= 0.6 is 0 Å². The highest BCUT2D eigenvalue weighted by molar-refractivity contribution is 5.93. The van der Waals surface area contributed by atoms with Gasteiger partial charge in [-0.15, -0.1) is 0 Å². The number of nitrogens with one attached hydrogen (secondary N) is 3. The monoisotopic (exact) mass is 456 g/mol. The molecule has 1 saturated carbocycles. The first kappa shape index (κ1) is 25.2. The van der Waals surface area contributed by atoms with Gasteiger partial charge in [-0.05, 0) is 70.0 Å². The van der Waals surface area contributed by atoms with Gasteiger partial charge in [0.05, 0.1) is 6.04 Å². The number of piperidine rings is 1. The maximum absolute atomic E-state index is 13.4. The van der Waals surface area contributed by atoms with Crippen molar-refractivity contribution >= 4 is 17.7 Å². The van der Waals surface area contributed by atoms with Crippen molar-refractivity contribution in [2.45, 2.75) is 82.3 Å². The van der Waals surface area contributed by atoms with Gasteiger partial charge in [-0.2, -0.15) is 0 Å². The molecule has 0 bridgehead atoms. The molecule has 1 saturated heterocycles. The number of carbonyl (C=O) groups excluding carboxylic acids is 3. The number of likely N-dealkylation sites (N-methyl/N-ethyl adjacent to an activating group) is 2. The fourth-order valence-electron chi connectivity index (χ4n) is 5.20. The molecule has 0 radical (unpaired) electrons. The molecule has 3 N–H and O–H groups in total. The highest BCUT2D eigenvalue weighted by Crippen LogP contribution is 2.28. The van der Waals surface area contributed by atoms with Gasteiger partial charge >= 0.3 is 0 Å². The number of carbonyl (C=O) groups is 3. The molecular formula is C26H40N4O3. The van der Waals surface area contributed by atoms with Crippen LogP contribution in [0.15, 0.2) is 30.3 Å². The fraction of sp³-hybridized carbons (Fsp3) is 0.654. The second-order valence-electron chi connectivity index (χ2n) is 9.58. The third kappa shape index (κ3) is 7.29. The van der Waals surface area contributed by atoms with Crippen molar-refractivity contribution in [3.05, 3.63) is 35.9 Å². The van der Waals surface area contributed by atoms with Crippen LogP contribution in [0.5, 0.6) is 0 Å². The molecule has 1 heterocycles. The van der Waals surface area contributed by atoms with E-state index in [0.29, 0.717) is 6.42 Å². The number of benzene rings is 1. The summed E-state index contributed by atoms with van der Waals surface area (Å²) in [5, 5.41) is 8.73. The Kier molecular flexibility index (Phi) is 9.73. The largest absolute Gasteiger partial charge is 0.357 e. The zero-order chi connectivity index (χ0) is 23.6. The molecule has 7 nitrogen and oxygen atoms in total. The summed E-state index contributed by atoms with van der Waals surface area (Å²) in [5.74, 6) is -0.371. The van der Waals surface area contributed by atoms with Crippen LogP contribution in [-0.2, 0) is 20.8 Å². The molecule has 182 valence electrons. The van der Waals surface area contributed by atoms with Gasteiger partial charge in [-0.3, -0.25) is 19.3 Å². The van der Waals surface area contributed by atoms with Crippen LogP contribution in [0, 0.1) is 5.92 Å². The van der Waals surface area contributed by atoms with Crippen LogP contribution in [0.2, 0.25) is 0 Å². The van der Waals surface area contributed by atoms with Gasteiger partial charge in [0, 0.05) is 7.05 Å². The van der Waals surface area contributed by atoms with Gasteiger partial charge in [-0.25, -0.2) is 0 Å². The Balaban J connectivity index is 1.63. The Hall–Kier alpha value is -2.41. The first-order valence-corrected chi connectivity index (χ1v) is 12.6. The number of nitrogens with zero attached hydrogens (tertiary/aromatic N) is 1. The summed E-state index contributed by atoms with van der Waals surface area (Å²) in [4.78, 5) is 41.1. The van der Waals surface area contributed by atoms with E-state index >= 15 is 0 Å².